The maximum absolute atomic E-state index is 13.6. The zero-order valence-corrected chi connectivity index (χ0v) is 10.7. The number of unbranched alkanes of at least 4 members (excludes halogenated alkanes) is 1. The summed E-state index contributed by atoms with van der Waals surface area (Å²) in [4.78, 5) is 12.8. The molecule has 0 aliphatic rings. The molecule has 0 bridgehead atoms. The Morgan fingerprint density at radius 1 is 1.44 bits per heavy atom. The minimum absolute atomic E-state index is 0.143. The zero-order valence-electron chi connectivity index (χ0n) is 10.7. The Hall–Kier alpha value is -1.62. The normalized spacial score (nSPS) is 10.8. The molecule has 0 atom stereocenters. The molecule has 1 aromatic rings. The zero-order chi connectivity index (χ0) is 13.5. The predicted octanol–water partition coefficient (Wildman–Crippen LogP) is 1.50. The van der Waals surface area contributed by atoms with Gasteiger partial charge in [0.25, 0.3) is 0 Å². The van der Waals surface area contributed by atoms with Gasteiger partial charge in [-0.2, -0.15) is 0 Å². The van der Waals surface area contributed by atoms with Crippen molar-refractivity contribution in [1.82, 2.24) is 4.90 Å². The highest BCUT2D eigenvalue weighted by Gasteiger charge is 2.11. The van der Waals surface area contributed by atoms with Crippen LogP contribution in [0, 0.1) is 5.82 Å². The summed E-state index contributed by atoms with van der Waals surface area (Å²) in [5.41, 5.74) is 11.6. The molecule has 0 saturated carbocycles. The third kappa shape index (κ3) is 4.71. The number of anilines is 1. The van der Waals surface area contributed by atoms with Crippen LogP contribution in [0.15, 0.2) is 18.2 Å². The van der Waals surface area contributed by atoms with Crippen molar-refractivity contribution in [3.63, 3.8) is 0 Å². The Labute approximate surface area is 107 Å². The van der Waals surface area contributed by atoms with Crippen LogP contribution in [0.1, 0.15) is 25.3 Å². The molecule has 4 N–H and O–H groups in total. The van der Waals surface area contributed by atoms with Crippen LogP contribution in [0.25, 0.3) is 0 Å². The summed E-state index contributed by atoms with van der Waals surface area (Å²) >= 11 is 0. The second kappa shape index (κ2) is 6.96. The molecule has 0 heterocycles. The van der Waals surface area contributed by atoms with Crippen LogP contribution >= 0.6 is 0 Å². The topological polar surface area (TPSA) is 72.3 Å². The number of nitrogens with zero attached hydrogens (tertiary/aromatic N) is 1. The van der Waals surface area contributed by atoms with Gasteiger partial charge in [0.05, 0.1) is 6.54 Å². The van der Waals surface area contributed by atoms with E-state index in [1.54, 1.807) is 12.1 Å². The highest BCUT2D eigenvalue weighted by atomic mass is 19.1. The molecule has 18 heavy (non-hydrogen) atoms. The molecule has 0 fully saturated rings. The second-order valence-electron chi connectivity index (χ2n) is 4.38. The number of hydrogen-bond acceptors (Lipinski definition) is 3. The molecule has 1 rings (SSSR count). The van der Waals surface area contributed by atoms with E-state index in [0.717, 1.165) is 19.4 Å². The number of nitrogen functional groups attached to an aromatic ring is 1. The van der Waals surface area contributed by atoms with E-state index in [4.69, 9.17) is 11.5 Å². The molecule has 0 unspecified atom stereocenters. The smallest absolute Gasteiger partial charge is 0.231 e. The molecular weight excluding hydrogens is 233 g/mol. The van der Waals surface area contributed by atoms with Gasteiger partial charge in [-0.15, -0.1) is 0 Å². The number of carbonyl (C=O) groups excluding carboxylic acids is 1. The molecule has 100 valence electrons. The Kier molecular flexibility index (Phi) is 5.58. The number of primary amides is 1. The van der Waals surface area contributed by atoms with Gasteiger partial charge in [-0.1, -0.05) is 19.4 Å². The maximum atomic E-state index is 13.6. The van der Waals surface area contributed by atoms with Crippen LogP contribution in [0.5, 0.6) is 0 Å². The van der Waals surface area contributed by atoms with E-state index in [0.29, 0.717) is 17.8 Å². The van der Waals surface area contributed by atoms with Crippen molar-refractivity contribution in [3.8, 4) is 0 Å². The van der Waals surface area contributed by atoms with Gasteiger partial charge in [-0.3, -0.25) is 9.69 Å². The predicted molar refractivity (Wildman–Crippen MR) is 70.2 cm³/mol. The molecule has 5 heteroatoms. The van der Waals surface area contributed by atoms with Crippen LogP contribution in [0.4, 0.5) is 10.1 Å². The third-order valence-electron chi connectivity index (χ3n) is 2.68. The van der Waals surface area contributed by atoms with Crippen molar-refractivity contribution in [2.24, 2.45) is 5.73 Å². The average Bonchev–Trinajstić information content (AvgIpc) is 2.29. The Bertz CT molecular complexity index is 409. The molecule has 0 aliphatic carbocycles. The Morgan fingerprint density at radius 2 is 2.17 bits per heavy atom. The van der Waals surface area contributed by atoms with Gasteiger partial charge in [0.1, 0.15) is 5.82 Å². The highest BCUT2D eigenvalue weighted by molar-refractivity contribution is 5.75. The number of carbonyl (C=O) groups is 1. The van der Waals surface area contributed by atoms with Crippen LogP contribution in [-0.2, 0) is 11.3 Å². The van der Waals surface area contributed by atoms with Crippen molar-refractivity contribution < 1.29 is 9.18 Å². The van der Waals surface area contributed by atoms with E-state index in [1.807, 2.05) is 4.90 Å². The van der Waals surface area contributed by atoms with Gasteiger partial charge in [-0.05, 0) is 25.1 Å². The lowest BCUT2D eigenvalue weighted by Crippen LogP contribution is -2.34. The Morgan fingerprint density at radius 3 is 2.72 bits per heavy atom. The number of amides is 1. The van der Waals surface area contributed by atoms with Crippen LogP contribution < -0.4 is 11.5 Å². The van der Waals surface area contributed by atoms with Gasteiger partial charge in [-0.25, -0.2) is 4.39 Å². The van der Waals surface area contributed by atoms with Crippen molar-refractivity contribution in [3.05, 3.63) is 29.6 Å². The molecule has 0 aromatic heterocycles. The van der Waals surface area contributed by atoms with Crippen molar-refractivity contribution in [1.29, 1.82) is 0 Å². The molecular formula is C13H20FN3O. The highest BCUT2D eigenvalue weighted by Crippen LogP contribution is 2.14. The molecule has 4 nitrogen and oxygen atoms in total. The quantitative estimate of drug-likeness (QED) is 0.723. The summed E-state index contributed by atoms with van der Waals surface area (Å²) in [7, 11) is 0. The molecule has 0 aliphatic heterocycles. The monoisotopic (exact) mass is 253 g/mol. The third-order valence-corrected chi connectivity index (χ3v) is 2.68. The number of halogens is 1. The minimum Gasteiger partial charge on any atom is -0.399 e. The summed E-state index contributed by atoms with van der Waals surface area (Å²) in [6.45, 7) is 3.30. The van der Waals surface area contributed by atoms with E-state index in [9.17, 15) is 9.18 Å². The summed E-state index contributed by atoms with van der Waals surface area (Å²) in [5.74, 6) is -0.747. The first-order valence-electron chi connectivity index (χ1n) is 6.07. The first kappa shape index (κ1) is 14.4. The fourth-order valence-corrected chi connectivity index (χ4v) is 1.75. The first-order chi connectivity index (χ1) is 8.52. The van der Waals surface area contributed by atoms with Crippen LogP contribution in [0.2, 0.25) is 0 Å². The largest absolute Gasteiger partial charge is 0.399 e. The molecule has 0 spiro atoms. The number of rotatable bonds is 7. The van der Waals surface area contributed by atoms with E-state index in [2.05, 4.69) is 6.92 Å². The number of nitrogens with two attached hydrogens (primary N) is 2. The van der Waals surface area contributed by atoms with Gasteiger partial charge in [0, 0.05) is 17.8 Å². The van der Waals surface area contributed by atoms with E-state index < -0.39 is 5.91 Å². The Balaban J connectivity index is 2.71. The lowest BCUT2D eigenvalue weighted by molar-refractivity contribution is -0.119. The van der Waals surface area contributed by atoms with Gasteiger partial charge < -0.3 is 11.5 Å². The fraction of sp³-hybridized carbons (Fsp3) is 0.462. The fourth-order valence-electron chi connectivity index (χ4n) is 1.75. The van der Waals surface area contributed by atoms with Crippen molar-refractivity contribution in [2.75, 3.05) is 18.8 Å². The van der Waals surface area contributed by atoms with Gasteiger partial charge >= 0.3 is 0 Å². The van der Waals surface area contributed by atoms with Gasteiger partial charge in [0.15, 0.2) is 0 Å². The van der Waals surface area contributed by atoms with Crippen molar-refractivity contribution in [2.45, 2.75) is 26.3 Å². The summed E-state index contributed by atoms with van der Waals surface area (Å²) < 4.78 is 13.6. The SMILES string of the molecule is CCCCN(CC(N)=O)Cc1ccc(N)cc1F. The molecule has 0 radical (unpaired) electrons. The first-order valence-corrected chi connectivity index (χ1v) is 6.07. The van der Waals surface area contributed by atoms with Crippen molar-refractivity contribution >= 4 is 11.6 Å². The minimum atomic E-state index is -0.401. The summed E-state index contributed by atoms with van der Waals surface area (Å²) in [6.07, 6.45) is 1.96. The summed E-state index contributed by atoms with van der Waals surface area (Å²) in [5, 5.41) is 0. The molecule has 1 amide bonds. The van der Waals surface area contributed by atoms with Crippen LogP contribution in [-0.4, -0.2) is 23.9 Å². The lowest BCUT2D eigenvalue weighted by Gasteiger charge is -2.20. The lowest BCUT2D eigenvalue weighted by atomic mass is 10.1. The standard InChI is InChI=1S/C13H20FN3O/c1-2-3-6-17(9-13(16)18)8-10-4-5-11(15)7-12(10)14/h4-5,7H,2-3,6,8-9,15H2,1H3,(H2,16,18). The van der Waals surface area contributed by atoms with Crippen LogP contribution in [0.3, 0.4) is 0 Å². The van der Waals surface area contributed by atoms with E-state index >= 15 is 0 Å². The summed E-state index contributed by atoms with van der Waals surface area (Å²) in [6, 6.07) is 4.59. The average molecular weight is 253 g/mol. The number of benzene rings is 1. The van der Waals surface area contributed by atoms with E-state index in [-0.39, 0.29) is 12.4 Å². The van der Waals surface area contributed by atoms with Gasteiger partial charge in [0.2, 0.25) is 5.91 Å². The second-order valence-corrected chi connectivity index (χ2v) is 4.38. The maximum Gasteiger partial charge on any atom is 0.231 e. The number of hydrogen-bond donors (Lipinski definition) is 2. The molecule has 1 aromatic carbocycles. The molecule has 0 saturated heterocycles. The van der Waals surface area contributed by atoms with E-state index in [1.165, 1.54) is 6.07 Å².